The Labute approximate surface area is 207 Å². The minimum absolute atomic E-state index is 0. The number of aromatic nitrogens is 1. The second-order valence-corrected chi connectivity index (χ2v) is 8.06. The van der Waals surface area contributed by atoms with Crippen molar-refractivity contribution in [1.29, 1.82) is 0 Å². The molecule has 0 amide bonds. The molecule has 1 aromatic heterocycles. The van der Waals surface area contributed by atoms with E-state index in [0.29, 0.717) is 28.8 Å². The number of rotatable bonds is 6. The quantitative estimate of drug-likeness (QED) is 0.191. The fraction of sp³-hybridized carbons (Fsp3) is 0.0455. The molecule has 8 nitrogen and oxygen atoms in total. The molecule has 10 heteroatoms. The summed E-state index contributed by atoms with van der Waals surface area (Å²) in [4.78, 5) is 3.69. The molecule has 0 aliphatic rings. The zero-order chi connectivity index (χ0) is 21.8. The first kappa shape index (κ1) is 23.8. The van der Waals surface area contributed by atoms with Crippen LogP contribution in [0.5, 0.6) is 5.75 Å². The second kappa shape index (κ2) is 10.2. The van der Waals surface area contributed by atoms with Gasteiger partial charge in [0.2, 0.25) is 0 Å². The number of ether oxygens (including phenoxy) is 1. The summed E-state index contributed by atoms with van der Waals surface area (Å²) in [6.45, 7) is 0.373. The van der Waals surface area contributed by atoms with E-state index in [1.54, 1.807) is 60.9 Å². The Morgan fingerprint density at radius 3 is 2.38 bits per heavy atom. The monoisotopic (exact) mass is 458 g/mol. The van der Waals surface area contributed by atoms with Crippen molar-refractivity contribution in [2.24, 2.45) is 10.2 Å². The van der Waals surface area contributed by atoms with Crippen molar-refractivity contribution in [2.45, 2.75) is 11.5 Å². The Hall–Kier alpha value is -2.82. The molecule has 4 rings (SSSR count). The number of nitrogens with two attached hydrogens (primary N) is 1. The second-order valence-electron chi connectivity index (χ2n) is 6.67. The van der Waals surface area contributed by atoms with E-state index >= 15 is 0 Å². The standard InChI is InChI=1S/C22H18N4O4S.Na.H/c23-22-19-7-2-1-6-18(19)21(31(27,28)29)13-20(22)26-25-16-4-3-5-17(12-16)30-14-15-8-10-24-11-9-15;;/h1-13H,14,23H2,(H,27,28,29);;. The van der Waals surface area contributed by atoms with Crippen molar-refractivity contribution in [2.75, 3.05) is 5.73 Å². The number of hydrogen-bond acceptors (Lipinski definition) is 7. The molecule has 0 unspecified atom stereocenters. The van der Waals surface area contributed by atoms with Crippen molar-refractivity contribution >= 4 is 67.5 Å². The van der Waals surface area contributed by atoms with E-state index < -0.39 is 10.1 Å². The average molecular weight is 458 g/mol. The number of anilines is 1. The van der Waals surface area contributed by atoms with E-state index in [1.807, 2.05) is 12.1 Å². The first-order chi connectivity index (χ1) is 14.9. The third kappa shape index (κ3) is 5.50. The Bertz CT molecular complexity index is 1380. The van der Waals surface area contributed by atoms with E-state index in [2.05, 4.69) is 15.2 Å². The van der Waals surface area contributed by atoms with Gasteiger partial charge in [-0.15, -0.1) is 5.11 Å². The molecule has 0 aliphatic heterocycles. The first-order valence-corrected chi connectivity index (χ1v) is 10.7. The predicted octanol–water partition coefficient (Wildman–Crippen LogP) is 4.41. The van der Waals surface area contributed by atoms with E-state index in [1.165, 1.54) is 6.07 Å². The summed E-state index contributed by atoms with van der Waals surface area (Å²) in [5.74, 6) is 0.596. The van der Waals surface area contributed by atoms with Crippen LogP contribution in [-0.2, 0) is 16.7 Å². The fourth-order valence-corrected chi connectivity index (χ4v) is 3.76. The molecule has 3 N–H and O–H groups in total. The Balaban J connectivity index is 0.00000289. The van der Waals surface area contributed by atoms with Crippen molar-refractivity contribution in [3.63, 3.8) is 0 Å². The molecule has 0 atom stereocenters. The van der Waals surface area contributed by atoms with Gasteiger partial charge in [0.15, 0.2) is 0 Å². The fourth-order valence-electron chi connectivity index (χ4n) is 3.04. The number of pyridine rings is 1. The number of nitrogen functional groups attached to an aromatic ring is 1. The molecule has 4 aromatic rings. The molecule has 0 fully saturated rings. The molecule has 1 heterocycles. The first-order valence-electron chi connectivity index (χ1n) is 9.24. The van der Waals surface area contributed by atoms with Gasteiger partial charge in [0.05, 0.1) is 11.4 Å². The summed E-state index contributed by atoms with van der Waals surface area (Å²) in [5.41, 5.74) is 8.04. The maximum atomic E-state index is 11.8. The van der Waals surface area contributed by atoms with E-state index in [4.69, 9.17) is 10.5 Å². The number of azo groups is 1. The van der Waals surface area contributed by atoms with Crippen LogP contribution in [0.2, 0.25) is 0 Å². The molecule has 158 valence electrons. The van der Waals surface area contributed by atoms with Gasteiger partial charge in [0.25, 0.3) is 10.1 Å². The summed E-state index contributed by atoms with van der Waals surface area (Å²) < 4.78 is 39.1. The molecule has 0 spiro atoms. The van der Waals surface area contributed by atoms with Crippen LogP contribution in [0.25, 0.3) is 10.8 Å². The van der Waals surface area contributed by atoms with Gasteiger partial charge < -0.3 is 10.5 Å². The van der Waals surface area contributed by atoms with Gasteiger partial charge >= 0.3 is 29.6 Å². The number of hydrogen-bond donors (Lipinski definition) is 2. The van der Waals surface area contributed by atoms with Crippen molar-refractivity contribution < 1.29 is 17.7 Å². The van der Waals surface area contributed by atoms with Crippen LogP contribution in [0.15, 0.2) is 94.2 Å². The van der Waals surface area contributed by atoms with Gasteiger partial charge in [0.1, 0.15) is 22.9 Å². The van der Waals surface area contributed by atoms with Crippen LogP contribution in [0, 0.1) is 0 Å². The molecule has 0 saturated heterocycles. The zero-order valence-corrected chi connectivity index (χ0v) is 17.0. The van der Waals surface area contributed by atoms with Crippen LogP contribution < -0.4 is 10.5 Å². The van der Waals surface area contributed by atoms with Crippen LogP contribution in [-0.4, -0.2) is 47.5 Å². The van der Waals surface area contributed by atoms with E-state index in [9.17, 15) is 13.0 Å². The molecule has 0 bridgehead atoms. The maximum absolute atomic E-state index is 11.8. The summed E-state index contributed by atoms with van der Waals surface area (Å²) in [6, 6.07) is 18.5. The Morgan fingerprint density at radius 2 is 1.66 bits per heavy atom. The minimum atomic E-state index is -4.47. The Morgan fingerprint density at radius 1 is 0.938 bits per heavy atom. The molecular weight excluding hydrogens is 439 g/mol. The van der Waals surface area contributed by atoms with Gasteiger partial charge in [-0.05, 0) is 35.9 Å². The zero-order valence-electron chi connectivity index (χ0n) is 16.2. The van der Waals surface area contributed by atoms with Gasteiger partial charge in [-0.25, -0.2) is 0 Å². The molecule has 0 saturated carbocycles. The van der Waals surface area contributed by atoms with E-state index in [-0.39, 0.29) is 45.8 Å². The molecule has 3 aromatic carbocycles. The van der Waals surface area contributed by atoms with Gasteiger partial charge in [-0.1, -0.05) is 30.3 Å². The molecule has 0 radical (unpaired) electrons. The summed E-state index contributed by atoms with van der Waals surface area (Å²) in [5, 5.41) is 9.05. The summed E-state index contributed by atoms with van der Waals surface area (Å²) >= 11 is 0. The van der Waals surface area contributed by atoms with Crippen LogP contribution in [0.3, 0.4) is 0 Å². The Kier molecular flexibility index (Phi) is 7.60. The van der Waals surface area contributed by atoms with Crippen molar-refractivity contribution in [1.82, 2.24) is 4.98 Å². The molecular formula is C22H19N4NaO4S. The third-order valence-electron chi connectivity index (χ3n) is 4.55. The average Bonchev–Trinajstić information content (AvgIpc) is 2.77. The van der Waals surface area contributed by atoms with Gasteiger partial charge in [0, 0.05) is 29.2 Å². The SMILES string of the molecule is Nc1c(N=Nc2cccc(OCc3ccncc3)c2)cc(S(=O)(=O)O)c2ccccc12.[NaH]. The van der Waals surface area contributed by atoms with Crippen LogP contribution in [0.1, 0.15) is 5.56 Å². The topological polar surface area (TPSA) is 127 Å². The van der Waals surface area contributed by atoms with Gasteiger partial charge in [-0.3, -0.25) is 9.54 Å². The summed E-state index contributed by atoms with van der Waals surface area (Å²) in [7, 11) is -4.47. The summed E-state index contributed by atoms with van der Waals surface area (Å²) in [6.07, 6.45) is 3.39. The van der Waals surface area contributed by atoms with E-state index in [0.717, 1.165) is 5.56 Å². The normalized spacial score (nSPS) is 11.4. The van der Waals surface area contributed by atoms with Gasteiger partial charge in [-0.2, -0.15) is 13.5 Å². The molecule has 0 aliphatic carbocycles. The number of benzene rings is 3. The van der Waals surface area contributed by atoms with Crippen LogP contribution in [0.4, 0.5) is 17.1 Å². The van der Waals surface area contributed by atoms with Crippen LogP contribution >= 0.6 is 0 Å². The third-order valence-corrected chi connectivity index (χ3v) is 5.44. The van der Waals surface area contributed by atoms with Crippen molar-refractivity contribution in [3.05, 3.63) is 84.7 Å². The predicted molar refractivity (Wildman–Crippen MR) is 125 cm³/mol. The number of fused-ring (bicyclic) bond motifs is 1. The molecule has 32 heavy (non-hydrogen) atoms. The number of nitrogens with zero attached hydrogens (tertiary/aromatic N) is 3. The van der Waals surface area contributed by atoms with Crippen molar-refractivity contribution in [3.8, 4) is 5.75 Å².